The molecule has 0 spiro atoms. The third-order valence-corrected chi connectivity index (χ3v) is 2.35. The summed E-state index contributed by atoms with van der Waals surface area (Å²) >= 11 is 5.70. The molecule has 9 heteroatoms. The van der Waals surface area contributed by atoms with Crippen LogP contribution in [0.4, 0.5) is 10.1 Å². The average Bonchev–Trinajstić information content (AvgIpc) is 2.30. The highest BCUT2D eigenvalue weighted by Gasteiger charge is 2.16. The van der Waals surface area contributed by atoms with Gasteiger partial charge in [-0.15, -0.1) is 0 Å². The minimum atomic E-state index is -1.02. The van der Waals surface area contributed by atoms with Gasteiger partial charge in [0.2, 0.25) is 12.0 Å². The lowest BCUT2D eigenvalue weighted by atomic mass is 10.2. The van der Waals surface area contributed by atoms with Crippen LogP contribution in [0.2, 0.25) is 5.15 Å². The van der Waals surface area contributed by atoms with Gasteiger partial charge < -0.3 is 4.98 Å². The topological polar surface area (TPSA) is 108 Å². The molecule has 1 aromatic carbocycles. The SMILES string of the molecule is N#C/N=c1\[nH]c2cc(F)c([N+](=O)[O-])cc2nc1Cl. The van der Waals surface area contributed by atoms with Crippen LogP contribution in [0.3, 0.4) is 0 Å². The van der Waals surface area contributed by atoms with E-state index in [1.807, 2.05) is 0 Å². The summed E-state index contributed by atoms with van der Waals surface area (Å²) in [6.07, 6.45) is 1.50. The summed E-state index contributed by atoms with van der Waals surface area (Å²) in [5.74, 6) is -1.02. The van der Waals surface area contributed by atoms with Crippen LogP contribution in [-0.4, -0.2) is 14.9 Å². The Morgan fingerprint density at radius 1 is 1.61 bits per heavy atom. The Morgan fingerprint density at radius 3 is 2.94 bits per heavy atom. The van der Waals surface area contributed by atoms with Crippen molar-refractivity contribution in [1.82, 2.24) is 9.97 Å². The number of nitro groups is 1. The Kier molecular flexibility index (Phi) is 2.91. The largest absolute Gasteiger partial charge is 0.335 e. The van der Waals surface area contributed by atoms with Crippen LogP contribution in [0.1, 0.15) is 0 Å². The number of halogens is 2. The number of H-pyrrole nitrogens is 1. The van der Waals surface area contributed by atoms with Crippen LogP contribution < -0.4 is 5.49 Å². The maximum Gasteiger partial charge on any atom is 0.307 e. The van der Waals surface area contributed by atoms with Crippen molar-refractivity contribution in [2.45, 2.75) is 0 Å². The molecule has 0 amide bonds. The van der Waals surface area contributed by atoms with Gasteiger partial charge in [-0.3, -0.25) is 10.1 Å². The lowest BCUT2D eigenvalue weighted by Gasteiger charge is -2.00. The number of fused-ring (bicyclic) bond motifs is 1. The van der Waals surface area contributed by atoms with Gasteiger partial charge in [0, 0.05) is 12.1 Å². The zero-order valence-corrected chi connectivity index (χ0v) is 9.27. The van der Waals surface area contributed by atoms with E-state index in [-0.39, 0.29) is 21.7 Å². The number of aromatic nitrogens is 2. The smallest absolute Gasteiger partial charge is 0.307 e. The summed E-state index contributed by atoms with van der Waals surface area (Å²) in [6.45, 7) is 0. The second kappa shape index (κ2) is 4.38. The van der Waals surface area contributed by atoms with Gasteiger partial charge in [-0.1, -0.05) is 11.6 Å². The molecular formula is C9H3ClFN5O2. The van der Waals surface area contributed by atoms with Crippen LogP contribution >= 0.6 is 11.6 Å². The first kappa shape index (κ1) is 11.9. The predicted octanol–water partition coefficient (Wildman–Crippen LogP) is 1.65. The van der Waals surface area contributed by atoms with Crippen molar-refractivity contribution >= 4 is 28.3 Å². The van der Waals surface area contributed by atoms with Gasteiger partial charge in [-0.05, 0) is 0 Å². The van der Waals surface area contributed by atoms with Crippen molar-refractivity contribution < 1.29 is 9.31 Å². The minimum Gasteiger partial charge on any atom is -0.335 e. The Labute approximate surface area is 103 Å². The summed E-state index contributed by atoms with van der Waals surface area (Å²) in [7, 11) is 0. The molecule has 2 aromatic rings. The van der Waals surface area contributed by atoms with Crippen molar-refractivity contribution in [3.63, 3.8) is 0 Å². The van der Waals surface area contributed by atoms with E-state index in [1.54, 1.807) is 0 Å². The van der Waals surface area contributed by atoms with E-state index >= 15 is 0 Å². The lowest BCUT2D eigenvalue weighted by molar-refractivity contribution is -0.387. The van der Waals surface area contributed by atoms with Crippen molar-refractivity contribution in [3.05, 3.63) is 38.7 Å². The zero-order valence-electron chi connectivity index (χ0n) is 8.52. The fourth-order valence-corrected chi connectivity index (χ4v) is 1.53. The molecule has 0 aliphatic carbocycles. The quantitative estimate of drug-likeness (QED) is 0.481. The van der Waals surface area contributed by atoms with Gasteiger partial charge in [0.15, 0.2) is 10.6 Å². The molecule has 0 atom stereocenters. The normalized spacial score (nSPS) is 11.5. The first-order chi connectivity index (χ1) is 8.52. The van der Waals surface area contributed by atoms with E-state index in [4.69, 9.17) is 16.9 Å². The average molecular weight is 268 g/mol. The highest BCUT2D eigenvalue weighted by atomic mass is 35.5. The van der Waals surface area contributed by atoms with Gasteiger partial charge in [-0.2, -0.15) is 14.6 Å². The second-order valence-electron chi connectivity index (χ2n) is 3.17. The molecular weight excluding hydrogens is 265 g/mol. The number of nitro benzene ring substituents is 1. The molecule has 0 saturated carbocycles. The summed E-state index contributed by atoms with van der Waals surface area (Å²) in [6, 6.07) is 1.84. The van der Waals surface area contributed by atoms with Crippen LogP contribution in [0.5, 0.6) is 0 Å². The molecule has 1 N–H and O–H groups in total. The number of benzene rings is 1. The lowest BCUT2D eigenvalue weighted by Crippen LogP contribution is -2.11. The Hall–Kier alpha value is -2.53. The van der Waals surface area contributed by atoms with E-state index in [1.165, 1.54) is 6.19 Å². The maximum absolute atomic E-state index is 13.4. The molecule has 0 aliphatic heterocycles. The van der Waals surface area contributed by atoms with E-state index in [0.717, 1.165) is 12.1 Å². The minimum absolute atomic E-state index is 0.0417. The molecule has 7 nitrogen and oxygen atoms in total. The van der Waals surface area contributed by atoms with Gasteiger partial charge in [0.25, 0.3) is 0 Å². The highest BCUT2D eigenvalue weighted by Crippen LogP contribution is 2.22. The zero-order chi connectivity index (χ0) is 13.3. The maximum atomic E-state index is 13.4. The molecule has 90 valence electrons. The van der Waals surface area contributed by atoms with Gasteiger partial charge in [-0.25, -0.2) is 4.98 Å². The third kappa shape index (κ3) is 1.99. The molecule has 0 aliphatic rings. The Bertz CT molecular complexity index is 764. The third-order valence-electron chi connectivity index (χ3n) is 2.09. The number of hydrogen-bond acceptors (Lipinski definition) is 5. The monoisotopic (exact) mass is 267 g/mol. The van der Waals surface area contributed by atoms with Crippen molar-refractivity contribution in [2.75, 3.05) is 0 Å². The second-order valence-corrected chi connectivity index (χ2v) is 3.52. The number of nitriles is 1. The summed E-state index contributed by atoms with van der Waals surface area (Å²) in [4.78, 5) is 19.4. The fraction of sp³-hybridized carbons (Fsp3) is 0. The van der Waals surface area contributed by atoms with Crippen LogP contribution in [0.25, 0.3) is 11.0 Å². The molecule has 0 bridgehead atoms. The number of rotatable bonds is 1. The highest BCUT2D eigenvalue weighted by molar-refractivity contribution is 6.29. The molecule has 0 fully saturated rings. The molecule has 0 unspecified atom stereocenters. The van der Waals surface area contributed by atoms with Gasteiger partial charge in [0.05, 0.1) is 16.0 Å². The predicted molar refractivity (Wildman–Crippen MR) is 58.9 cm³/mol. The van der Waals surface area contributed by atoms with Crippen LogP contribution in [0.15, 0.2) is 17.1 Å². The molecule has 0 radical (unpaired) electrons. The number of nitrogens with one attached hydrogen (secondary N) is 1. The summed E-state index contributed by atoms with van der Waals surface area (Å²) in [5, 5.41) is 18.8. The van der Waals surface area contributed by atoms with E-state index in [9.17, 15) is 14.5 Å². The van der Waals surface area contributed by atoms with E-state index < -0.39 is 16.4 Å². The first-order valence-electron chi connectivity index (χ1n) is 4.49. The van der Waals surface area contributed by atoms with Crippen molar-refractivity contribution in [2.24, 2.45) is 4.99 Å². The van der Waals surface area contributed by atoms with Crippen molar-refractivity contribution in [1.29, 1.82) is 5.26 Å². The molecule has 1 heterocycles. The molecule has 2 rings (SSSR count). The van der Waals surface area contributed by atoms with Crippen LogP contribution in [0, 0.1) is 27.4 Å². The number of hydrogen-bond donors (Lipinski definition) is 1. The van der Waals surface area contributed by atoms with Crippen molar-refractivity contribution in [3.8, 4) is 6.19 Å². The Morgan fingerprint density at radius 2 is 2.33 bits per heavy atom. The standard InChI is InChI=1S/C9H3ClFN5O2/c10-8-9(13-3-12)15-5-1-4(11)7(16(17)18)2-6(5)14-8/h1-2H,(H,13,15). The van der Waals surface area contributed by atoms with E-state index in [2.05, 4.69) is 15.0 Å². The first-order valence-corrected chi connectivity index (χ1v) is 4.87. The number of nitrogens with zero attached hydrogens (tertiary/aromatic N) is 4. The summed E-state index contributed by atoms with van der Waals surface area (Å²) < 4.78 is 13.4. The molecule has 0 saturated heterocycles. The molecule has 18 heavy (non-hydrogen) atoms. The Balaban J connectivity index is 2.83. The van der Waals surface area contributed by atoms with Gasteiger partial charge >= 0.3 is 5.69 Å². The van der Waals surface area contributed by atoms with Crippen LogP contribution in [-0.2, 0) is 0 Å². The van der Waals surface area contributed by atoms with E-state index in [0.29, 0.717) is 0 Å². The van der Waals surface area contributed by atoms with Gasteiger partial charge in [0.1, 0.15) is 0 Å². The summed E-state index contributed by atoms with van der Waals surface area (Å²) in [5.41, 5.74) is -0.495. The molecule has 1 aromatic heterocycles. The fourth-order valence-electron chi connectivity index (χ4n) is 1.35. The number of aromatic amines is 1.